The summed E-state index contributed by atoms with van der Waals surface area (Å²) >= 11 is 0. The number of aryl methyl sites for hydroxylation is 1. The Morgan fingerprint density at radius 1 is 1.41 bits per heavy atom. The Morgan fingerprint density at radius 3 is 2.76 bits per heavy atom. The van der Waals surface area contributed by atoms with Crippen molar-refractivity contribution < 1.29 is 9.90 Å². The Labute approximate surface area is 102 Å². The van der Waals surface area contributed by atoms with Gasteiger partial charge in [0.2, 0.25) is 0 Å². The van der Waals surface area contributed by atoms with Gasteiger partial charge < -0.3 is 5.11 Å². The number of fused-ring (bicyclic) bond motifs is 1. The van der Waals surface area contributed by atoms with Crippen LogP contribution in [0.1, 0.15) is 55.2 Å². The van der Waals surface area contributed by atoms with E-state index in [0.29, 0.717) is 5.92 Å². The van der Waals surface area contributed by atoms with E-state index >= 15 is 0 Å². The summed E-state index contributed by atoms with van der Waals surface area (Å²) in [6.45, 7) is 1.89. The van der Waals surface area contributed by atoms with Gasteiger partial charge in [-0.1, -0.05) is 24.6 Å². The molecule has 2 aliphatic rings. The zero-order chi connectivity index (χ0) is 12.0. The molecule has 1 saturated carbocycles. The van der Waals surface area contributed by atoms with Crippen molar-refractivity contribution in [2.75, 3.05) is 0 Å². The minimum Gasteiger partial charge on any atom is -0.481 e. The molecule has 90 valence electrons. The molecule has 0 aliphatic heterocycles. The maximum Gasteiger partial charge on any atom is 0.313 e. The predicted octanol–water partition coefficient (Wildman–Crippen LogP) is 3.24. The van der Waals surface area contributed by atoms with Gasteiger partial charge in [0.25, 0.3) is 0 Å². The number of hydrogen-bond acceptors (Lipinski definition) is 1. The molecule has 1 N–H and O–H groups in total. The fourth-order valence-electron chi connectivity index (χ4n) is 3.28. The van der Waals surface area contributed by atoms with Crippen molar-refractivity contribution in [2.45, 2.75) is 50.4 Å². The highest BCUT2D eigenvalue weighted by Gasteiger charge is 2.44. The first-order valence-electron chi connectivity index (χ1n) is 6.48. The van der Waals surface area contributed by atoms with Gasteiger partial charge >= 0.3 is 5.97 Å². The molecule has 0 amide bonds. The highest BCUT2D eigenvalue weighted by Crippen LogP contribution is 2.47. The zero-order valence-electron chi connectivity index (χ0n) is 10.2. The summed E-state index contributed by atoms with van der Waals surface area (Å²) in [6.07, 6.45) is 5.41. The molecule has 2 heteroatoms. The van der Waals surface area contributed by atoms with Crippen LogP contribution in [0.25, 0.3) is 0 Å². The summed E-state index contributed by atoms with van der Waals surface area (Å²) in [5.41, 5.74) is 3.06. The van der Waals surface area contributed by atoms with E-state index < -0.39 is 11.4 Å². The Hall–Kier alpha value is -1.31. The van der Waals surface area contributed by atoms with Crippen molar-refractivity contribution in [3.05, 3.63) is 34.9 Å². The van der Waals surface area contributed by atoms with Crippen molar-refractivity contribution >= 4 is 5.97 Å². The van der Waals surface area contributed by atoms with Gasteiger partial charge in [-0.15, -0.1) is 0 Å². The summed E-state index contributed by atoms with van der Waals surface area (Å²) in [5.74, 6) is -0.0512. The van der Waals surface area contributed by atoms with E-state index in [1.165, 1.54) is 30.4 Å². The topological polar surface area (TPSA) is 37.3 Å². The first-order chi connectivity index (χ1) is 8.13. The molecule has 0 bridgehead atoms. The second kappa shape index (κ2) is 3.59. The number of carboxylic acid groups (broad SMARTS) is 1. The van der Waals surface area contributed by atoms with E-state index in [1.54, 1.807) is 0 Å². The second-order valence-electron chi connectivity index (χ2n) is 5.65. The van der Waals surface area contributed by atoms with E-state index in [-0.39, 0.29) is 0 Å². The normalized spacial score (nSPS) is 27.6. The maximum atomic E-state index is 11.6. The number of carbonyl (C=O) groups is 1. The Balaban J connectivity index is 2.14. The summed E-state index contributed by atoms with van der Waals surface area (Å²) in [7, 11) is 0. The molecule has 1 atom stereocenters. The zero-order valence-corrected chi connectivity index (χ0v) is 10.2. The molecular weight excluding hydrogens is 212 g/mol. The molecule has 0 radical (unpaired) electrons. The number of benzene rings is 1. The number of carboxylic acids is 1. The van der Waals surface area contributed by atoms with Crippen molar-refractivity contribution in [1.82, 2.24) is 0 Å². The number of aliphatic carboxylic acids is 1. The van der Waals surface area contributed by atoms with Gasteiger partial charge in [0.1, 0.15) is 0 Å². The monoisotopic (exact) mass is 230 g/mol. The molecular formula is C15H18O2. The SMILES string of the molecule is CC1(C(=O)O)CCc2cccc(C3CCC3)c21. The lowest BCUT2D eigenvalue weighted by molar-refractivity contribution is -0.143. The molecule has 2 aliphatic carbocycles. The van der Waals surface area contributed by atoms with Crippen LogP contribution in [-0.4, -0.2) is 11.1 Å². The van der Waals surface area contributed by atoms with E-state index in [4.69, 9.17) is 0 Å². The first kappa shape index (κ1) is 10.8. The van der Waals surface area contributed by atoms with E-state index in [0.717, 1.165) is 18.4 Å². The summed E-state index contributed by atoms with van der Waals surface area (Å²) in [5, 5.41) is 9.52. The standard InChI is InChI=1S/C15H18O2/c1-15(14(16)17)9-8-11-6-3-7-12(13(11)15)10-4-2-5-10/h3,6-7,10H,2,4-5,8-9H2,1H3,(H,16,17). The molecule has 17 heavy (non-hydrogen) atoms. The number of hydrogen-bond donors (Lipinski definition) is 1. The first-order valence-corrected chi connectivity index (χ1v) is 6.48. The van der Waals surface area contributed by atoms with Gasteiger partial charge in [-0.3, -0.25) is 4.79 Å². The van der Waals surface area contributed by atoms with Gasteiger partial charge in [-0.2, -0.15) is 0 Å². The minimum atomic E-state index is -0.664. The lowest BCUT2D eigenvalue weighted by Crippen LogP contribution is -2.31. The molecule has 0 saturated heterocycles. The quantitative estimate of drug-likeness (QED) is 0.846. The van der Waals surface area contributed by atoms with Crippen molar-refractivity contribution in [3.63, 3.8) is 0 Å². The van der Waals surface area contributed by atoms with Crippen LogP contribution in [0.5, 0.6) is 0 Å². The Morgan fingerprint density at radius 2 is 2.18 bits per heavy atom. The third-order valence-corrected chi connectivity index (χ3v) is 4.65. The molecule has 3 rings (SSSR count). The largest absolute Gasteiger partial charge is 0.481 e. The van der Waals surface area contributed by atoms with Crippen LogP contribution < -0.4 is 0 Å². The highest BCUT2D eigenvalue weighted by atomic mass is 16.4. The number of rotatable bonds is 2. The smallest absolute Gasteiger partial charge is 0.313 e. The van der Waals surface area contributed by atoms with Crippen LogP contribution in [0.4, 0.5) is 0 Å². The minimum absolute atomic E-state index is 0.613. The van der Waals surface area contributed by atoms with Gasteiger partial charge in [-0.05, 0) is 55.2 Å². The third kappa shape index (κ3) is 1.43. The van der Waals surface area contributed by atoms with Crippen LogP contribution in [0.3, 0.4) is 0 Å². The fourth-order valence-corrected chi connectivity index (χ4v) is 3.28. The van der Waals surface area contributed by atoms with Crippen LogP contribution in [0, 0.1) is 0 Å². The van der Waals surface area contributed by atoms with Crippen molar-refractivity contribution in [3.8, 4) is 0 Å². The van der Waals surface area contributed by atoms with E-state index in [2.05, 4.69) is 18.2 Å². The van der Waals surface area contributed by atoms with Gasteiger partial charge in [0.05, 0.1) is 5.41 Å². The molecule has 1 unspecified atom stereocenters. The summed E-state index contributed by atoms with van der Waals surface area (Å²) < 4.78 is 0. The van der Waals surface area contributed by atoms with Gasteiger partial charge in [0, 0.05) is 0 Å². The third-order valence-electron chi connectivity index (χ3n) is 4.65. The van der Waals surface area contributed by atoms with Gasteiger partial charge in [0.15, 0.2) is 0 Å². The Kier molecular flexibility index (Phi) is 2.29. The lowest BCUT2D eigenvalue weighted by Gasteiger charge is -2.31. The molecule has 1 aromatic rings. The molecule has 0 heterocycles. The van der Waals surface area contributed by atoms with E-state index in [1.807, 2.05) is 6.92 Å². The highest BCUT2D eigenvalue weighted by molar-refractivity contribution is 5.83. The van der Waals surface area contributed by atoms with Crippen LogP contribution >= 0.6 is 0 Å². The maximum absolute atomic E-state index is 11.6. The van der Waals surface area contributed by atoms with Crippen LogP contribution in [0.15, 0.2) is 18.2 Å². The lowest BCUT2D eigenvalue weighted by atomic mass is 9.72. The fraction of sp³-hybridized carbons (Fsp3) is 0.533. The summed E-state index contributed by atoms with van der Waals surface area (Å²) in [4.78, 5) is 11.6. The molecule has 0 aromatic heterocycles. The average molecular weight is 230 g/mol. The van der Waals surface area contributed by atoms with E-state index in [9.17, 15) is 9.90 Å². The van der Waals surface area contributed by atoms with Crippen LogP contribution in [-0.2, 0) is 16.6 Å². The second-order valence-corrected chi connectivity index (χ2v) is 5.65. The molecule has 0 spiro atoms. The molecule has 2 nitrogen and oxygen atoms in total. The van der Waals surface area contributed by atoms with Gasteiger partial charge in [-0.25, -0.2) is 0 Å². The van der Waals surface area contributed by atoms with Crippen molar-refractivity contribution in [1.29, 1.82) is 0 Å². The van der Waals surface area contributed by atoms with Crippen molar-refractivity contribution in [2.24, 2.45) is 0 Å². The Bertz CT molecular complexity index is 474. The predicted molar refractivity (Wildman–Crippen MR) is 66.3 cm³/mol. The molecule has 1 fully saturated rings. The summed E-state index contributed by atoms with van der Waals surface area (Å²) in [6, 6.07) is 6.35. The molecule has 1 aromatic carbocycles. The van der Waals surface area contributed by atoms with Crippen LogP contribution in [0.2, 0.25) is 0 Å². The average Bonchev–Trinajstić information content (AvgIpc) is 2.57.